The van der Waals surface area contributed by atoms with Crippen molar-refractivity contribution in [2.75, 3.05) is 26.4 Å². The molecule has 0 amide bonds. The maximum absolute atomic E-state index is 8.84. The fourth-order valence-electron chi connectivity index (χ4n) is 0.807. The molecule has 4 N–H and O–H groups in total. The minimum Gasteiger partial charge on any atom is -0.396 e. The molecule has 4 nitrogen and oxygen atoms in total. The second-order valence-corrected chi connectivity index (χ2v) is 3.03. The van der Waals surface area contributed by atoms with Gasteiger partial charge in [-0.15, -0.1) is 0 Å². The Balaban J connectivity index is 4.19. The second kappa shape index (κ2) is 4.66. The number of hydrogen-bond donors (Lipinski definition) is 4. The highest BCUT2D eigenvalue weighted by molar-refractivity contribution is 4.80. The van der Waals surface area contributed by atoms with Gasteiger partial charge in [0.05, 0.1) is 13.2 Å². The molecule has 0 bridgehead atoms. The van der Waals surface area contributed by atoms with Gasteiger partial charge in [0.25, 0.3) is 0 Å². The highest BCUT2D eigenvalue weighted by Crippen LogP contribution is 2.25. The molecule has 0 aliphatic carbocycles. The Labute approximate surface area is 66.1 Å². The van der Waals surface area contributed by atoms with E-state index in [-0.39, 0.29) is 26.4 Å². The Hall–Kier alpha value is -0.160. The number of aliphatic hydroxyl groups excluding tert-OH is 4. The molecule has 0 spiro atoms. The molecule has 0 aliphatic rings. The van der Waals surface area contributed by atoms with Crippen molar-refractivity contribution in [2.45, 2.75) is 6.92 Å². The van der Waals surface area contributed by atoms with Gasteiger partial charge in [-0.25, -0.2) is 0 Å². The molecule has 0 fully saturated rings. The predicted octanol–water partition coefficient (Wildman–Crippen LogP) is -1.42. The summed E-state index contributed by atoms with van der Waals surface area (Å²) >= 11 is 0. The summed E-state index contributed by atoms with van der Waals surface area (Å²) in [5, 5.41) is 35.2. The third-order valence-corrected chi connectivity index (χ3v) is 2.15. The third kappa shape index (κ3) is 2.41. The SMILES string of the molecule is CC(CO)(CO)C(CO)CO. The van der Waals surface area contributed by atoms with Gasteiger partial charge >= 0.3 is 0 Å². The van der Waals surface area contributed by atoms with Crippen LogP contribution in [-0.2, 0) is 0 Å². The first-order chi connectivity index (χ1) is 5.14. The zero-order valence-electron chi connectivity index (χ0n) is 6.69. The van der Waals surface area contributed by atoms with E-state index in [1.54, 1.807) is 6.92 Å². The maximum Gasteiger partial charge on any atom is 0.0511 e. The summed E-state index contributed by atoms with van der Waals surface area (Å²) in [6.07, 6.45) is 0. The van der Waals surface area contributed by atoms with Gasteiger partial charge < -0.3 is 20.4 Å². The van der Waals surface area contributed by atoms with Crippen LogP contribution in [0.4, 0.5) is 0 Å². The van der Waals surface area contributed by atoms with Crippen LogP contribution in [0.2, 0.25) is 0 Å². The van der Waals surface area contributed by atoms with E-state index in [1.165, 1.54) is 0 Å². The molecular formula is C7H16O4. The van der Waals surface area contributed by atoms with Crippen molar-refractivity contribution < 1.29 is 20.4 Å². The summed E-state index contributed by atoms with van der Waals surface area (Å²) in [6.45, 7) is 0.678. The third-order valence-electron chi connectivity index (χ3n) is 2.15. The van der Waals surface area contributed by atoms with Crippen LogP contribution < -0.4 is 0 Å². The van der Waals surface area contributed by atoms with Crippen molar-refractivity contribution in [3.8, 4) is 0 Å². The lowest BCUT2D eigenvalue weighted by Gasteiger charge is -2.31. The number of aliphatic hydroxyl groups is 4. The van der Waals surface area contributed by atoms with Crippen LogP contribution in [0, 0.1) is 11.3 Å². The molecule has 0 aromatic heterocycles. The van der Waals surface area contributed by atoms with E-state index in [0.717, 1.165) is 0 Å². The quantitative estimate of drug-likeness (QED) is 0.402. The van der Waals surface area contributed by atoms with E-state index in [9.17, 15) is 0 Å². The van der Waals surface area contributed by atoms with E-state index >= 15 is 0 Å². The standard InChI is InChI=1S/C7H16O4/c1-7(4-10,5-11)6(2-8)3-9/h6,8-11H,2-5H2,1H3. The molecular weight excluding hydrogens is 148 g/mol. The van der Waals surface area contributed by atoms with Crippen molar-refractivity contribution >= 4 is 0 Å². The van der Waals surface area contributed by atoms with Crippen LogP contribution in [0.1, 0.15) is 6.92 Å². The zero-order chi connectivity index (χ0) is 8.91. The van der Waals surface area contributed by atoms with Crippen molar-refractivity contribution in [1.29, 1.82) is 0 Å². The molecule has 0 rings (SSSR count). The van der Waals surface area contributed by atoms with Crippen LogP contribution in [0.3, 0.4) is 0 Å². The van der Waals surface area contributed by atoms with Gasteiger partial charge in [0.15, 0.2) is 0 Å². The molecule has 4 heteroatoms. The molecule has 0 atom stereocenters. The summed E-state index contributed by atoms with van der Waals surface area (Å²) in [6, 6.07) is 0. The van der Waals surface area contributed by atoms with E-state index < -0.39 is 11.3 Å². The topological polar surface area (TPSA) is 80.9 Å². The van der Waals surface area contributed by atoms with Gasteiger partial charge in [-0.2, -0.15) is 0 Å². The van der Waals surface area contributed by atoms with Crippen molar-refractivity contribution in [2.24, 2.45) is 11.3 Å². The average molecular weight is 164 g/mol. The number of hydrogen-bond acceptors (Lipinski definition) is 4. The predicted molar refractivity (Wildman–Crippen MR) is 39.9 cm³/mol. The lowest BCUT2D eigenvalue weighted by atomic mass is 9.79. The van der Waals surface area contributed by atoms with Crippen LogP contribution >= 0.6 is 0 Å². The van der Waals surface area contributed by atoms with Crippen LogP contribution in [0.25, 0.3) is 0 Å². The second-order valence-electron chi connectivity index (χ2n) is 3.03. The lowest BCUT2D eigenvalue weighted by molar-refractivity contribution is -0.0272. The molecule has 68 valence electrons. The van der Waals surface area contributed by atoms with Gasteiger partial charge in [-0.1, -0.05) is 6.92 Å². The van der Waals surface area contributed by atoms with Crippen molar-refractivity contribution in [3.05, 3.63) is 0 Å². The first-order valence-corrected chi connectivity index (χ1v) is 3.58. The largest absolute Gasteiger partial charge is 0.396 e. The normalized spacial score (nSPS) is 12.5. The Morgan fingerprint density at radius 2 is 1.36 bits per heavy atom. The Bertz CT molecular complexity index is 96.6. The van der Waals surface area contributed by atoms with Gasteiger partial charge in [-0.05, 0) is 0 Å². The molecule has 0 aromatic rings. The minimum atomic E-state index is -0.788. The molecule has 0 unspecified atom stereocenters. The van der Waals surface area contributed by atoms with Crippen LogP contribution in [0.5, 0.6) is 0 Å². The van der Waals surface area contributed by atoms with E-state index in [4.69, 9.17) is 20.4 Å². The molecule has 0 saturated heterocycles. The van der Waals surface area contributed by atoms with Gasteiger partial charge in [0.1, 0.15) is 0 Å². The smallest absolute Gasteiger partial charge is 0.0511 e. The highest BCUT2D eigenvalue weighted by Gasteiger charge is 2.31. The van der Waals surface area contributed by atoms with Gasteiger partial charge in [0, 0.05) is 24.5 Å². The Morgan fingerprint density at radius 3 is 1.45 bits per heavy atom. The monoisotopic (exact) mass is 164 g/mol. The summed E-state index contributed by atoms with van der Waals surface area (Å²) in [5.74, 6) is -0.461. The lowest BCUT2D eigenvalue weighted by Crippen LogP contribution is -2.39. The Kier molecular flexibility index (Phi) is 4.60. The van der Waals surface area contributed by atoms with Crippen molar-refractivity contribution in [3.63, 3.8) is 0 Å². The van der Waals surface area contributed by atoms with Gasteiger partial charge in [-0.3, -0.25) is 0 Å². The molecule has 0 saturated carbocycles. The fourth-order valence-corrected chi connectivity index (χ4v) is 0.807. The number of rotatable bonds is 5. The summed E-state index contributed by atoms with van der Waals surface area (Å²) in [7, 11) is 0. The first kappa shape index (κ1) is 10.8. The molecule has 0 heterocycles. The first-order valence-electron chi connectivity index (χ1n) is 3.58. The molecule has 0 aromatic carbocycles. The summed E-state index contributed by atoms with van der Waals surface area (Å²) in [4.78, 5) is 0. The van der Waals surface area contributed by atoms with Gasteiger partial charge in [0.2, 0.25) is 0 Å². The van der Waals surface area contributed by atoms with E-state index in [0.29, 0.717) is 0 Å². The average Bonchev–Trinajstić information content (AvgIpc) is 2.06. The molecule has 11 heavy (non-hydrogen) atoms. The van der Waals surface area contributed by atoms with Crippen molar-refractivity contribution in [1.82, 2.24) is 0 Å². The summed E-state index contributed by atoms with van der Waals surface area (Å²) < 4.78 is 0. The fraction of sp³-hybridized carbons (Fsp3) is 1.00. The molecule has 0 aliphatic heterocycles. The van der Waals surface area contributed by atoms with Crippen LogP contribution in [-0.4, -0.2) is 46.9 Å². The summed E-state index contributed by atoms with van der Waals surface area (Å²) in [5.41, 5.74) is -0.788. The van der Waals surface area contributed by atoms with E-state index in [1.807, 2.05) is 0 Å². The highest BCUT2D eigenvalue weighted by atomic mass is 16.3. The van der Waals surface area contributed by atoms with Crippen LogP contribution in [0.15, 0.2) is 0 Å². The minimum absolute atomic E-state index is 0.228. The Morgan fingerprint density at radius 1 is 1.00 bits per heavy atom. The zero-order valence-corrected chi connectivity index (χ0v) is 6.69. The molecule has 0 radical (unpaired) electrons. The van der Waals surface area contributed by atoms with E-state index in [2.05, 4.69) is 0 Å². The maximum atomic E-state index is 8.84.